The highest BCUT2D eigenvalue weighted by atomic mass is 19.1. The Morgan fingerprint density at radius 1 is 1.00 bits per heavy atom. The van der Waals surface area contributed by atoms with Crippen LogP contribution in [0.4, 0.5) is 10.1 Å². The van der Waals surface area contributed by atoms with Crippen LogP contribution >= 0.6 is 0 Å². The van der Waals surface area contributed by atoms with Crippen molar-refractivity contribution >= 4 is 17.5 Å². The van der Waals surface area contributed by atoms with Gasteiger partial charge in [0.25, 0.3) is 5.91 Å². The van der Waals surface area contributed by atoms with Gasteiger partial charge in [-0.15, -0.1) is 0 Å². The highest BCUT2D eigenvalue weighted by Gasteiger charge is 2.34. The van der Waals surface area contributed by atoms with E-state index in [-0.39, 0.29) is 18.4 Å². The number of nitrogens with one attached hydrogen (secondary N) is 1. The number of hydrogen-bond donors (Lipinski definition) is 1. The van der Waals surface area contributed by atoms with Gasteiger partial charge in [-0.05, 0) is 60.9 Å². The summed E-state index contributed by atoms with van der Waals surface area (Å²) >= 11 is 0. The number of fused-ring (bicyclic) bond motifs is 1. The second-order valence-electron chi connectivity index (χ2n) is 7.33. The van der Waals surface area contributed by atoms with Crippen molar-refractivity contribution in [2.45, 2.75) is 19.9 Å². The molecule has 5 heteroatoms. The summed E-state index contributed by atoms with van der Waals surface area (Å²) in [6.45, 7) is 3.80. The lowest BCUT2D eigenvalue weighted by atomic mass is 9.95. The average molecular weight is 388 g/mol. The molecule has 146 valence electrons. The van der Waals surface area contributed by atoms with Gasteiger partial charge in [0.05, 0.1) is 6.04 Å². The van der Waals surface area contributed by atoms with E-state index in [1.54, 1.807) is 12.1 Å². The molecule has 1 aliphatic heterocycles. The summed E-state index contributed by atoms with van der Waals surface area (Å²) in [5.74, 6) is -0.998. The highest BCUT2D eigenvalue weighted by molar-refractivity contribution is 6.01. The Hall–Kier alpha value is -3.47. The summed E-state index contributed by atoms with van der Waals surface area (Å²) < 4.78 is 14.1. The third kappa shape index (κ3) is 3.63. The molecule has 0 fully saturated rings. The summed E-state index contributed by atoms with van der Waals surface area (Å²) in [7, 11) is 0. The van der Waals surface area contributed by atoms with Crippen molar-refractivity contribution in [1.29, 1.82) is 0 Å². The van der Waals surface area contributed by atoms with Gasteiger partial charge in [-0.3, -0.25) is 9.59 Å². The minimum Gasteiger partial charge on any atom is -0.324 e. The number of carbonyl (C=O) groups excluding carboxylic acids is 2. The lowest BCUT2D eigenvalue weighted by Gasteiger charge is -2.30. The van der Waals surface area contributed by atoms with Crippen LogP contribution in [0.1, 0.15) is 38.7 Å². The highest BCUT2D eigenvalue weighted by Crippen LogP contribution is 2.37. The molecule has 0 aliphatic carbocycles. The zero-order valence-corrected chi connectivity index (χ0v) is 16.3. The molecule has 0 saturated carbocycles. The molecule has 1 heterocycles. The van der Waals surface area contributed by atoms with Crippen LogP contribution < -0.4 is 5.32 Å². The largest absolute Gasteiger partial charge is 0.324 e. The zero-order valence-electron chi connectivity index (χ0n) is 16.3. The number of halogens is 1. The Balaban J connectivity index is 1.88. The van der Waals surface area contributed by atoms with Crippen LogP contribution in [0.15, 0.2) is 66.7 Å². The predicted octanol–water partition coefficient (Wildman–Crippen LogP) is 4.63. The fourth-order valence-corrected chi connectivity index (χ4v) is 3.70. The molecule has 0 unspecified atom stereocenters. The molecular weight excluding hydrogens is 367 g/mol. The Bertz CT molecular complexity index is 1100. The first-order valence-corrected chi connectivity index (χ1v) is 9.46. The van der Waals surface area contributed by atoms with Crippen molar-refractivity contribution in [1.82, 2.24) is 4.90 Å². The maximum absolute atomic E-state index is 14.1. The van der Waals surface area contributed by atoms with Crippen LogP contribution in [0.2, 0.25) is 0 Å². The van der Waals surface area contributed by atoms with E-state index < -0.39 is 11.9 Å². The maximum Gasteiger partial charge on any atom is 0.255 e. The average Bonchev–Trinajstić information content (AvgIpc) is 2.85. The van der Waals surface area contributed by atoms with Crippen molar-refractivity contribution in [2.24, 2.45) is 0 Å². The Morgan fingerprint density at radius 2 is 1.76 bits per heavy atom. The van der Waals surface area contributed by atoms with Crippen LogP contribution in [0, 0.1) is 19.7 Å². The van der Waals surface area contributed by atoms with Crippen molar-refractivity contribution in [2.75, 3.05) is 11.9 Å². The zero-order chi connectivity index (χ0) is 20.5. The van der Waals surface area contributed by atoms with Gasteiger partial charge in [-0.1, -0.05) is 36.4 Å². The number of benzene rings is 3. The molecule has 1 aliphatic rings. The van der Waals surface area contributed by atoms with E-state index in [1.165, 1.54) is 17.0 Å². The molecule has 1 N–H and O–H groups in total. The first kappa shape index (κ1) is 18.9. The Labute approximate surface area is 169 Å². The molecule has 3 aromatic rings. The Morgan fingerprint density at radius 3 is 2.48 bits per heavy atom. The van der Waals surface area contributed by atoms with E-state index in [0.29, 0.717) is 16.8 Å². The number of nitrogens with zero attached hydrogens (tertiary/aromatic N) is 1. The lowest BCUT2D eigenvalue weighted by Crippen LogP contribution is -2.39. The molecule has 1 atom stereocenters. The molecule has 0 radical (unpaired) electrons. The molecule has 0 saturated heterocycles. The summed E-state index contributed by atoms with van der Waals surface area (Å²) in [6, 6.07) is 18.5. The number of aryl methyl sites for hydroxylation is 2. The maximum atomic E-state index is 14.1. The smallest absolute Gasteiger partial charge is 0.255 e. The third-order valence-corrected chi connectivity index (χ3v) is 5.34. The number of hydrogen-bond acceptors (Lipinski definition) is 2. The normalized spacial score (nSPS) is 16.0. The lowest BCUT2D eigenvalue weighted by molar-refractivity contribution is -0.117. The minimum absolute atomic E-state index is 0.123. The van der Waals surface area contributed by atoms with Gasteiger partial charge in [-0.25, -0.2) is 4.39 Å². The predicted molar refractivity (Wildman–Crippen MR) is 110 cm³/mol. The molecule has 0 aromatic heterocycles. The summed E-state index contributed by atoms with van der Waals surface area (Å²) in [6.07, 6.45) is 0. The fourth-order valence-electron chi connectivity index (χ4n) is 3.70. The molecule has 0 spiro atoms. The topological polar surface area (TPSA) is 49.4 Å². The van der Waals surface area contributed by atoms with Crippen molar-refractivity contribution in [3.8, 4) is 0 Å². The monoisotopic (exact) mass is 388 g/mol. The second kappa shape index (κ2) is 7.51. The number of carbonyl (C=O) groups is 2. The SMILES string of the molecule is Cc1ccc(C(=O)N2CC(=O)Nc3ccc(F)cc3[C@@H]2c2ccccc2)cc1C. The molecular formula is C24H21FN2O2. The molecule has 2 amide bonds. The van der Waals surface area contributed by atoms with E-state index in [2.05, 4.69) is 5.32 Å². The van der Waals surface area contributed by atoms with Crippen LogP contribution in [0.3, 0.4) is 0 Å². The summed E-state index contributed by atoms with van der Waals surface area (Å²) in [4.78, 5) is 27.6. The van der Waals surface area contributed by atoms with E-state index in [1.807, 2.05) is 56.3 Å². The van der Waals surface area contributed by atoms with Crippen LogP contribution in [-0.2, 0) is 4.79 Å². The van der Waals surface area contributed by atoms with Gasteiger partial charge in [0.1, 0.15) is 12.4 Å². The number of anilines is 1. The van der Waals surface area contributed by atoms with E-state index >= 15 is 0 Å². The Kier molecular flexibility index (Phi) is 4.89. The van der Waals surface area contributed by atoms with Gasteiger partial charge >= 0.3 is 0 Å². The van der Waals surface area contributed by atoms with Crippen molar-refractivity contribution < 1.29 is 14.0 Å². The quantitative estimate of drug-likeness (QED) is 0.696. The second-order valence-corrected chi connectivity index (χ2v) is 7.33. The summed E-state index contributed by atoms with van der Waals surface area (Å²) in [5, 5.41) is 2.81. The first-order chi connectivity index (χ1) is 13.9. The number of rotatable bonds is 2. The molecule has 0 bridgehead atoms. The third-order valence-electron chi connectivity index (χ3n) is 5.34. The van der Waals surface area contributed by atoms with Crippen LogP contribution in [-0.4, -0.2) is 23.3 Å². The molecule has 4 rings (SSSR count). The standard InChI is InChI=1S/C24H21FN2O2/c1-15-8-9-18(12-16(15)2)24(29)27-14-22(28)26-21-11-10-19(25)13-20(21)23(27)17-6-4-3-5-7-17/h3-13,23H,14H2,1-2H3,(H,26,28)/t23-/m0/s1. The van der Waals surface area contributed by atoms with E-state index in [9.17, 15) is 14.0 Å². The van der Waals surface area contributed by atoms with Crippen molar-refractivity contribution in [3.05, 3.63) is 100 Å². The van der Waals surface area contributed by atoms with E-state index in [4.69, 9.17) is 0 Å². The minimum atomic E-state index is -0.588. The number of amides is 2. The van der Waals surface area contributed by atoms with Gasteiger partial charge < -0.3 is 10.2 Å². The first-order valence-electron chi connectivity index (χ1n) is 9.46. The molecule has 4 nitrogen and oxygen atoms in total. The van der Waals surface area contributed by atoms with Crippen LogP contribution in [0.25, 0.3) is 0 Å². The fraction of sp³-hybridized carbons (Fsp3) is 0.167. The van der Waals surface area contributed by atoms with Crippen LogP contribution in [0.5, 0.6) is 0 Å². The molecule has 3 aromatic carbocycles. The van der Waals surface area contributed by atoms with Gasteiger partial charge in [0, 0.05) is 16.8 Å². The molecule has 29 heavy (non-hydrogen) atoms. The van der Waals surface area contributed by atoms with E-state index in [0.717, 1.165) is 16.7 Å². The summed E-state index contributed by atoms with van der Waals surface area (Å²) in [5.41, 5.74) is 4.47. The van der Waals surface area contributed by atoms with Gasteiger partial charge in [0.15, 0.2) is 0 Å². The van der Waals surface area contributed by atoms with Gasteiger partial charge in [0.2, 0.25) is 5.91 Å². The van der Waals surface area contributed by atoms with Gasteiger partial charge in [-0.2, -0.15) is 0 Å². The van der Waals surface area contributed by atoms with Crippen molar-refractivity contribution in [3.63, 3.8) is 0 Å².